The number of likely N-dealkylation sites (tertiary alicyclic amines) is 1. The van der Waals surface area contributed by atoms with E-state index in [9.17, 15) is 4.79 Å². The van der Waals surface area contributed by atoms with Crippen LogP contribution in [0, 0.1) is 28.6 Å². The Bertz CT molecular complexity index is 883. The molecule has 1 unspecified atom stereocenters. The second-order valence-corrected chi connectivity index (χ2v) is 11.7. The third-order valence-electron chi connectivity index (χ3n) is 7.39. The Labute approximate surface area is 209 Å². The highest BCUT2D eigenvalue weighted by Gasteiger charge is 2.49. The molecule has 1 aliphatic carbocycles. The predicted molar refractivity (Wildman–Crippen MR) is 131 cm³/mol. The number of nitrogens with zero attached hydrogens (tertiary/aromatic N) is 3. The van der Waals surface area contributed by atoms with E-state index in [1.807, 2.05) is 33.0 Å². The molecule has 1 spiro atoms. The molecular weight excluding hydrogens is 444 g/mol. The van der Waals surface area contributed by atoms with Crippen LogP contribution in [0.1, 0.15) is 77.1 Å². The summed E-state index contributed by atoms with van der Waals surface area (Å²) in [6, 6.07) is 6.16. The van der Waals surface area contributed by atoms with E-state index in [0.29, 0.717) is 37.9 Å². The van der Waals surface area contributed by atoms with Gasteiger partial charge >= 0.3 is 6.09 Å². The van der Waals surface area contributed by atoms with Gasteiger partial charge in [0, 0.05) is 38.3 Å². The van der Waals surface area contributed by atoms with Gasteiger partial charge in [-0.25, -0.2) is 9.78 Å². The van der Waals surface area contributed by atoms with Crippen molar-refractivity contribution in [2.45, 2.75) is 77.7 Å². The molecular formula is C27H40N4O4. The molecule has 0 aromatic carbocycles. The summed E-state index contributed by atoms with van der Waals surface area (Å²) in [5.74, 6) is 1.35. The highest BCUT2D eigenvalue weighted by molar-refractivity contribution is 5.69. The number of carbonyl (C=O) groups excluding carboxylic acids is 1. The first-order valence-corrected chi connectivity index (χ1v) is 13.0. The number of hydrogen-bond acceptors (Lipinski definition) is 7. The first-order chi connectivity index (χ1) is 16.7. The molecule has 1 aromatic heterocycles. The van der Waals surface area contributed by atoms with Gasteiger partial charge in [-0.15, -0.1) is 0 Å². The molecule has 1 saturated carbocycles. The van der Waals surface area contributed by atoms with Gasteiger partial charge in [-0.2, -0.15) is 5.26 Å². The maximum absolute atomic E-state index is 12.2. The third kappa shape index (κ3) is 6.72. The average Bonchev–Trinajstić information content (AvgIpc) is 2.81. The summed E-state index contributed by atoms with van der Waals surface area (Å²) in [7, 11) is 0. The number of ether oxygens (including phenoxy) is 3. The number of nitrogens with one attached hydrogen (secondary N) is 1. The van der Waals surface area contributed by atoms with Gasteiger partial charge in [0.15, 0.2) is 6.29 Å². The van der Waals surface area contributed by atoms with Crippen LogP contribution in [0.5, 0.6) is 0 Å². The van der Waals surface area contributed by atoms with Gasteiger partial charge in [-0.1, -0.05) is 25.8 Å². The number of aromatic nitrogens is 1. The summed E-state index contributed by atoms with van der Waals surface area (Å²) in [6.07, 6.45) is 7.00. The number of carbonyl (C=O) groups is 1. The normalized spacial score (nSPS) is 25.5. The van der Waals surface area contributed by atoms with Gasteiger partial charge in [0.25, 0.3) is 0 Å². The van der Waals surface area contributed by atoms with Crippen LogP contribution in [0.2, 0.25) is 0 Å². The molecule has 0 radical (unpaired) electrons. The van der Waals surface area contributed by atoms with Crippen molar-refractivity contribution in [3.63, 3.8) is 0 Å². The SMILES string of the molecule is CC1CCC(C(NCCC2OCC3(CO2)CN(C(=O)OC(C)(C)C)C3)c2ccc(C#N)nc2)CC1. The fourth-order valence-electron chi connectivity index (χ4n) is 5.39. The number of nitriles is 1. The van der Waals surface area contributed by atoms with E-state index in [-0.39, 0.29) is 23.8 Å². The highest BCUT2D eigenvalue weighted by atomic mass is 16.7. The minimum absolute atomic E-state index is 0.115. The largest absolute Gasteiger partial charge is 0.444 e. The highest BCUT2D eigenvalue weighted by Crippen LogP contribution is 2.38. The zero-order valence-corrected chi connectivity index (χ0v) is 21.6. The van der Waals surface area contributed by atoms with E-state index in [2.05, 4.69) is 23.3 Å². The van der Waals surface area contributed by atoms with Crippen molar-refractivity contribution in [2.75, 3.05) is 32.8 Å². The van der Waals surface area contributed by atoms with Crippen LogP contribution in [-0.4, -0.2) is 60.7 Å². The van der Waals surface area contributed by atoms with Gasteiger partial charge in [0.1, 0.15) is 17.4 Å². The molecule has 1 aromatic rings. The molecule has 8 nitrogen and oxygen atoms in total. The molecule has 2 aliphatic heterocycles. The van der Waals surface area contributed by atoms with Crippen LogP contribution in [0.4, 0.5) is 4.79 Å². The van der Waals surface area contributed by atoms with Crippen molar-refractivity contribution in [1.82, 2.24) is 15.2 Å². The molecule has 1 N–H and O–H groups in total. The molecule has 4 rings (SSSR count). The molecule has 0 bridgehead atoms. The van der Waals surface area contributed by atoms with Crippen LogP contribution < -0.4 is 5.32 Å². The molecule has 1 atom stereocenters. The van der Waals surface area contributed by atoms with E-state index in [1.54, 1.807) is 11.0 Å². The maximum Gasteiger partial charge on any atom is 0.410 e. The van der Waals surface area contributed by atoms with E-state index >= 15 is 0 Å². The summed E-state index contributed by atoms with van der Waals surface area (Å²) in [4.78, 5) is 18.3. The molecule has 3 fully saturated rings. The van der Waals surface area contributed by atoms with Crippen molar-refractivity contribution in [3.8, 4) is 6.07 Å². The van der Waals surface area contributed by atoms with Crippen molar-refractivity contribution in [3.05, 3.63) is 29.6 Å². The summed E-state index contributed by atoms with van der Waals surface area (Å²) in [6.45, 7) is 11.2. The van der Waals surface area contributed by atoms with Crippen molar-refractivity contribution in [1.29, 1.82) is 5.26 Å². The van der Waals surface area contributed by atoms with Crippen molar-refractivity contribution >= 4 is 6.09 Å². The quantitative estimate of drug-likeness (QED) is 0.639. The van der Waals surface area contributed by atoms with Crippen LogP contribution in [0.25, 0.3) is 0 Å². The fourth-order valence-corrected chi connectivity index (χ4v) is 5.39. The third-order valence-corrected chi connectivity index (χ3v) is 7.39. The summed E-state index contributed by atoms with van der Waals surface area (Å²) in [5, 5.41) is 12.8. The Morgan fingerprint density at radius 1 is 1.26 bits per heavy atom. The molecule has 2 saturated heterocycles. The Morgan fingerprint density at radius 3 is 2.51 bits per heavy atom. The Hall–Kier alpha value is -2.21. The van der Waals surface area contributed by atoms with Crippen molar-refractivity contribution in [2.24, 2.45) is 17.3 Å². The first kappa shape index (κ1) is 25.9. The molecule has 35 heavy (non-hydrogen) atoms. The minimum atomic E-state index is -0.487. The second-order valence-electron chi connectivity index (χ2n) is 11.7. The molecule has 3 aliphatic rings. The standard InChI is InChI=1S/C27H40N4O4/c1-19-5-7-20(8-6-19)24(21-9-10-22(13-28)30-14-21)29-12-11-23-33-17-27(18-34-23)15-31(16-27)25(32)35-26(2,3)4/h9-10,14,19-20,23-24,29H,5-8,11-12,15-18H2,1-4H3. The summed E-state index contributed by atoms with van der Waals surface area (Å²) in [5.41, 5.74) is 0.989. The van der Waals surface area contributed by atoms with E-state index in [4.69, 9.17) is 19.5 Å². The van der Waals surface area contributed by atoms with Gasteiger partial charge < -0.3 is 24.4 Å². The van der Waals surface area contributed by atoms with Gasteiger partial charge in [0.05, 0.1) is 18.6 Å². The Kier molecular flexibility index (Phi) is 7.99. The zero-order chi connectivity index (χ0) is 25.1. The summed E-state index contributed by atoms with van der Waals surface area (Å²) < 4.78 is 17.6. The lowest BCUT2D eigenvalue weighted by atomic mass is 9.77. The van der Waals surface area contributed by atoms with Crippen LogP contribution in [-0.2, 0) is 14.2 Å². The van der Waals surface area contributed by atoms with E-state index < -0.39 is 5.60 Å². The van der Waals surface area contributed by atoms with Crippen LogP contribution >= 0.6 is 0 Å². The van der Waals surface area contributed by atoms with Gasteiger partial charge in [0.2, 0.25) is 0 Å². The lowest BCUT2D eigenvalue weighted by Gasteiger charge is -2.52. The Morgan fingerprint density at radius 2 is 1.94 bits per heavy atom. The fraction of sp³-hybridized carbons (Fsp3) is 0.741. The lowest BCUT2D eigenvalue weighted by Crippen LogP contribution is -2.65. The Balaban J connectivity index is 1.24. The zero-order valence-electron chi connectivity index (χ0n) is 21.6. The number of pyridine rings is 1. The van der Waals surface area contributed by atoms with Gasteiger partial charge in [-0.3, -0.25) is 0 Å². The van der Waals surface area contributed by atoms with Crippen LogP contribution in [0.15, 0.2) is 18.3 Å². The molecule has 8 heteroatoms. The number of rotatable bonds is 6. The molecule has 192 valence electrons. The first-order valence-electron chi connectivity index (χ1n) is 13.0. The predicted octanol–water partition coefficient (Wildman–Crippen LogP) is 4.41. The summed E-state index contributed by atoms with van der Waals surface area (Å²) >= 11 is 0. The number of amides is 1. The average molecular weight is 485 g/mol. The topological polar surface area (TPSA) is 96.7 Å². The maximum atomic E-state index is 12.2. The second kappa shape index (κ2) is 10.8. The van der Waals surface area contributed by atoms with Gasteiger partial charge in [-0.05, 0) is 57.1 Å². The van der Waals surface area contributed by atoms with Crippen molar-refractivity contribution < 1.29 is 19.0 Å². The molecule has 1 amide bonds. The minimum Gasteiger partial charge on any atom is -0.444 e. The monoisotopic (exact) mass is 484 g/mol. The van der Waals surface area contributed by atoms with E-state index in [1.165, 1.54) is 25.7 Å². The lowest BCUT2D eigenvalue weighted by molar-refractivity contribution is -0.255. The number of hydrogen-bond donors (Lipinski definition) is 1. The smallest absolute Gasteiger partial charge is 0.410 e. The van der Waals surface area contributed by atoms with Crippen LogP contribution in [0.3, 0.4) is 0 Å². The van der Waals surface area contributed by atoms with E-state index in [0.717, 1.165) is 24.4 Å². The molecule has 3 heterocycles.